The minimum Gasteiger partial charge on any atom is -0.388 e. The molecule has 1 heterocycles. The van der Waals surface area contributed by atoms with E-state index in [0.29, 0.717) is 6.04 Å². The van der Waals surface area contributed by atoms with E-state index in [1.54, 1.807) is 0 Å². The first-order valence-corrected chi connectivity index (χ1v) is 11.3. The summed E-state index contributed by atoms with van der Waals surface area (Å²) in [6, 6.07) is 10.9. The molecule has 3 nitrogen and oxygen atoms in total. The van der Waals surface area contributed by atoms with Gasteiger partial charge in [0.05, 0.1) is 12.7 Å². The lowest BCUT2D eigenvalue weighted by Gasteiger charge is -2.61. The third-order valence-corrected chi connectivity index (χ3v) is 8.10. The van der Waals surface area contributed by atoms with Crippen molar-refractivity contribution in [3.05, 3.63) is 64.7 Å². The zero-order chi connectivity index (χ0) is 22.4. The Balaban J connectivity index is 1.52. The van der Waals surface area contributed by atoms with E-state index in [1.165, 1.54) is 35.0 Å². The highest BCUT2D eigenvalue weighted by Gasteiger charge is 2.56. The molecule has 4 rings (SSSR count). The maximum Gasteiger partial charge on any atom is 0.131 e. The zero-order valence-corrected chi connectivity index (χ0v) is 19.3. The van der Waals surface area contributed by atoms with Crippen LogP contribution in [0.4, 0.5) is 14.5 Å². The fourth-order valence-corrected chi connectivity index (χ4v) is 5.78. The molecule has 1 aliphatic heterocycles. The summed E-state index contributed by atoms with van der Waals surface area (Å²) in [5, 5.41) is 3.38. The normalized spacial score (nSPS) is 25.7. The molecule has 0 radical (unpaired) electrons. The number of halogens is 2. The minimum absolute atomic E-state index is 0.00570. The molecule has 0 spiro atoms. The van der Waals surface area contributed by atoms with Crippen LogP contribution in [0, 0.1) is 17.0 Å². The highest BCUT2D eigenvalue weighted by molar-refractivity contribution is 5.59. The fraction of sp³-hybridized carbons (Fsp3) is 0.538. The smallest absolute Gasteiger partial charge is 0.131 e. The number of hydrogen-bond acceptors (Lipinski definition) is 3. The van der Waals surface area contributed by atoms with E-state index in [4.69, 9.17) is 4.74 Å². The lowest BCUT2D eigenvalue weighted by Crippen LogP contribution is -2.64. The van der Waals surface area contributed by atoms with Gasteiger partial charge in [0.2, 0.25) is 0 Å². The number of piperidine rings is 1. The molecule has 0 aromatic heterocycles. The summed E-state index contributed by atoms with van der Waals surface area (Å²) in [5.74, 6) is -1.10. The van der Waals surface area contributed by atoms with Crippen molar-refractivity contribution in [2.24, 2.45) is 5.41 Å². The Morgan fingerprint density at radius 1 is 1.13 bits per heavy atom. The number of benzene rings is 2. The van der Waals surface area contributed by atoms with Gasteiger partial charge in [-0.05, 0) is 61.1 Å². The van der Waals surface area contributed by atoms with Crippen LogP contribution in [-0.4, -0.2) is 37.2 Å². The number of rotatable bonds is 6. The largest absolute Gasteiger partial charge is 0.388 e. The average Bonchev–Trinajstić information content (AvgIpc) is 2.72. The standard InChI is InChI=1S/C26H34F2N2O/c1-17(31-16-19-21(27)9-7-10-22(19)28)15-30-13-12-26(4)20-8-6-11-23(29-5)18(20)14-24(30)25(26,2)3/h6-11,17,24,29H,12-16H2,1-5H3. The highest BCUT2D eigenvalue weighted by Crippen LogP contribution is 2.56. The molecule has 2 aromatic carbocycles. The van der Waals surface area contributed by atoms with Crippen LogP contribution in [0.2, 0.25) is 0 Å². The monoisotopic (exact) mass is 428 g/mol. The number of ether oxygens (including phenoxy) is 1. The summed E-state index contributed by atoms with van der Waals surface area (Å²) in [5.41, 5.74) is 4.32. The van der Waals surface area contributed by atoms with Gasteiger partial charge in [-0.3, -0.25) is 4.90 Å². The number of anilines is 1. The average molecular weight is 429 g/mol. The molecule has 0 saturated carbocycles. The van der Waals surface area contributed by atoms with E-state index in [1.807, 2.05) is 14.0 Å². The first-order valence-electron chi connectivity index (χ1n) is 11.3. The molecule has 1 fully saturated rings. The summed E-state index contributed by atoms with van der Waals surface area (Å²) >= 11 is 0. The van der Waals surface area contributed by atoms with Gasteiger partial charge in [0, 0.05) is 36.3 Å². The van der Waals surface area contributed by atoms with Crippen LogP contribution in [0.5, 0.6) is 0 Å². The second kappa shape index (κ2) is 8.18. The van der Waals surface area contributed by atoms with Crippen molar-refractivity contribution in [3.63, 3.8) is 0 Å². The Labute approximate surface area is 184 Å². The summed E-state index contributed by atoms with van der Waals surface area (Å²) in [7, 11) is 1.99. The SMILES string of the molecule is CNc1cccc2c1CC1N(CC(C)OCc3c(F)cccc3F)CCC2(C)C1(C)C. The number of nitrogens with zero attached hydrogens (tertiary/aromatic N) is 1. The summed E-state index contributed by atoms with van der Waals surface area (Å²) < 4.78 is 33.8. The molecule has 3 unspecified atom stereocenters. The van der Waals surface area contributed by atoms with Crippen LogP contribution in [0.15, 0.2) is 36.4 Å². The molecule has 2 aliphatic rings. The Kier molecular flexibility index (Phi) is 5.86. The molecule has 2 aromatic rings. The quantitative estimate of drug-likeness (QED) is 0.655. The zero-order valence-electron chi connectivity index (χ0n) is 19.3. The second-order valence-corrected chi connectivity index (χ2v) is 9.92. The van der Waals surface area contributed by atoms with Gasteiger partial charge >= 0.3 is 0 Å². The predicted molar refractivity (Wildman–Crippen MR) is 121 cm³/mol. The molecular weight excluding hydrogens is 394 g/mol. The summed E-state index contributed by atoms with van der Waals surface area (Å²) in [4.78, 5) is 2.53. The van der Waals surface area contributed by atoms with Crippen molar-refractivity contribution in [1.82, 2.24) is 4.90 Å². The van der Waals surface area contributed by atoms with E-state index in [0.717, 1.165) is 25.9 Å². The van der Waals surface area contributed by atoms with Crippen LogP contribution in [-0.2, 0) is 23.2 Å². The second-order valence-electron chi connectivity index (χ2n) is 9.92. The van der Waals surface area contributed by atoms with Crippen molar-refractivity contribution in [2.75, 3.05) is 25.5 Å². The summed E-state index contributed by atoms with van der Waals surface area (Å²) in [6.45, 7) is 10.9. The molecule has 2 bridgehead atoms. The van der Waals surface area contributed by atoms with E-state index < -0.39 is 11.6 Å². The van der Waals surface area contributed by atoms with Crippen molar-refractivity contribution in [3.8, 4) is 0 Å². The Morgan fingerprint density at radius 2 is 1.81 bits per heavy atom. The van der Waals surface area contributed by atoms with Gasteiger partial charge in [-0.1, -0.05) is 39.0 Å². The van der Waals surface area contributed by atoms with E-state index in [2.05, 4.69) is 49.2 Å². The van der Waals surface area contributed by atoms with Crippen LogP contribution >= 0.6 is 0 Å². The van der Waals surface area contributed by atoms with Gasteiger partial charge in [-0.15, -0.1) is 0 Å². The van der Waals surface area contributed by atoms with Crippen LogP contribution in [0.3, 0.4) is 0 Å². The fourth-order valence-electron chi connectivity index (χ4n) is 5.78. The molecule has 1 N–H and O–H groups in total. The molecule has 3 atom stereocenters. The molecular formula is C26H34F2N2O. The maximum atomic E-state index is 13.9. The first kappa shape index (κ1) is 22.2. The molecule has 31 heavy (non-hydrogen) atoms. The minimum atomic E-state index is -0.550. The predicted octanol–water partition coefficient (Wildman–Crippen LogP) is 5.53. The lowest BCUT2D eigenvalue weighted by molar-refractivity contribution is -0.0651. The first-order chi connectivity index (χ1) is 14.7. The third-order valence-electron chi connectivity index (χ3n) is 8.10. The van der Waals surface area contributed by atoms with Crippen molar-refractivity contribution in [1.29, 1.82) is 0 Å². The van der Waals surface area contributed by atoms with Gasteiger partial charge in [0.15, 0.2) is 0 Å². The molecule has 168 valence electrons. The van der Waals surface area contributed by atoms with Crippen LogP contribution < -0.4 is 5.32 Å². The van der Waals surface area contributed by atoms with E-state index in [9.17, 15) is 8.78 Å². The molecule has 5 heteroatoms. The van der Waals surface area contributed by atoms with Gasteiger partial charge in [0.25, 0.3) is 0 Å². The number of hydrogen-bond donors (Lipinski definition) is 1. The van der Waals surface area contributed by atoms with Gasteiger partial charge in [-0.25, -0.2) is 8.78 Å². The Morgan fingerprint density at radius 3 is 2.48 bits per heavy atom. The number of likely N-dealkylation sites (tertiary alicyclic amines) is 1. The van der Waals surface area contributed by atoms with Crippen molar-refractivity contribution >= 4 is 5.69 Å². The number of nitrogens with one attached hydrogen (secondary N) is 1. The van der Waals surface area contributed by atoms with Gasteiger partial charge < -0.3 is 10.1 Å². The van der Waals surface area contributed by atoms with Crippen LogP contribution in [0.1, 0.15) is 50.8 Å². The molecule has 0 amide bonds. The topological polar surface area (TPSA) is 24.5 Å². The highest BCUT2D eigenvalue weighted by atomic mass is 19.1. The van der Waals surface area contributed by atoms with E-state index >= 15 is 0 Å². The number of fused-ring (bicyclic) bond motifs is 4. The van der Waals surface area contributed by atoms with Crippen molar-refractivity contribution in [2.45, 2.75) is 64.7 Å². The lowest BCUT2D eigenvalue weighted by atomic mass is 9.51. The maximum absolute atomic E-state index is 13.9. The Bertz CT molecular complexity index is 940. The third kappa shape index (κ3) is 3.66. The molecule has 1 aliphatic carbocycles. The van der Waals surface area contributed by atoms with Gasteiger partial charge in [-0.2, -0.15) is 0 Å². The van der Waals surface area contributed by atoms with E-state index in [-0.39, 0.29) is 29.1 Å². The van der Waals surface area contributed by atoms with Crippen molar-refractivity contribution < 1.29 is 13.5 Å². The Hall–Kier alpha value is -1.98. The summed E-state index contributed by atoms with van der Waals surface area (Å²) in [6.07, 6.45) is 1.94. The molecule has 1 saturated heterocycles. The van der Waals surface area contributed by atoms with Crippen LogP contribution in [0.25, 0.3) is 0 Å². The van der Waals surface area contributed by atoms with Gasteiger partial charge in [0.1, 0.15) is 11.6 Å².